The lowest BCUT2D eigenvalue weighted by atomic mass is 9.98. The van der Waals surface area contributed by atoms with E-state index in [0.29, 0.717) is 13.2 Å². The highest BCUT2D eigenvalue weighted by molar-refractivity contribution is 5.86. The number of carbonyl (C=O) groups is 3. The van der Waals surface area contributed by atoms with E-state index < -0.39 is 23.7 Å². The van der Waals surface area contributed by atoms with E-state index in [0.717, 1.165) is 29.5 Å². The van der Waals surface area contributed by atoms with Gasteiger partial charge in [0.2, 0.25) is 11.8 Å². The van der Waals surface area contributed by atoms with Gasteiger partial charge >= 0.3 is 6.09 Å². The molecule has 0 bridgehead atoms. The highest BCUT2D eigenvalue weighted by Crippen LogP contribution is 2.14. The maximum Gasteiger partial charge on any atom is 0.407 e. The van der Waals surface area contributed by atoms with Crippen molar-refractivity contribution < 1.29 is 33.7 Å². The number of carbonyl (C=O) groups excluding carboxylic acids is 3. The maximum absolute atomic E-state index is 12.3. The Morgan fingerprint density at radius 2 is 1.35 bits per heavy atom. The average molecular weight is 709 g/mol. The number of benzene rings is 3. The fourth-order valence-corrected chi connectivity index (χ4v) is 4.64. The normalized spacial score (nSPS) is 12.4. The summed E-state index contributed by atoms with van der Waals surface area (Å²) in [4.78, 5) is 35.8. The fraction of sp³-hybridized carbons (Fsp3) is 0.475. The predicted molar refractivity (Wildman–Crippen MR) is 202 cm³/mol. The molecule has 3 unspecified atom stereocenters. The maximum atomic E-state index is 12.3. The van der Waals surface area contributed by atoms with E-state index in [1.54, 1.807) is 7.11 Å². The number of aliphatic hydroxyl groups is 1. The van der Waals surface area contributed by atoms with E-state index in [9.17, 15) is 19.5 Å². The minimum Gasteiger partial charge on any atom is -0.444 e. The second-order valence-corrected chi connectivity index (χ2v) is 13.0. The summed E-state index contributed by atoms with van der Waals surface area (Å²) in [6.07, 6.45) is 0.777. The second-order valence-electron chi connectivity index (χ2n) is 13.0. The molecule has 282 valence electrons. The Kier molecular flexibility index (Phi) is 22.5. The largest absolute Gasteiger partial charge is 0.444 e. The third kappa shape index (κ3) is 21.5. The van der Waals surface area contributed by atoms with E-state index in [1.807, 2.05) is 81.4 Å². The molecule has 0 aliphatic rings. The van der Waals surface area contributed by atoms with Gasteiger partial charge in [-0.3, -0.25) is 9.59 Å². The smallest absolute Gasteiger partial charge is 0.407 e. The molecule has 0 aliphatic carbocycles. The Labute approximate surface area is 304 Å². The topological polar surface area (TPSA) is 161 Å². The van der Waals surface area contributed by atoms with Crippen molar-refractivity contribution in [1.29, 1.82) is 0 Å². The van der Waals surface area contributed by atoms with Crippen molar-refractivity contribution in [2.75, 3.05) is 27.3 Å². The van der Waals surface area contributed by atoms with Crippen LogP contribution in [0.2, 0.25) is 0 Å². The molecule has 11 nitrogen and oxygen atoms in total. The first-order valence-electron chi connectivity index (χ1n) is 17.4. The fourth-order valence-electron chi connectivity index (χ4n) is 4.64. The van der Waals surface area contributed by atoms with E-state index >= 15 is 0 Å². The SMILES string of the molecule is CCC.COC(CC(O)CN)C(=O)NCC(=O)NCc1ccccc1.COCc1cccc(CC(Cc2ccccc2)NC(=O)OC(C)(C)C)c1. The molecule has 3 aromatic carbocycles. The number of nitrogens with two attached hydrogens (primary N) is 1. The van der Waals surface area contributed by atoms with E-state index in [-0.39, 0.29) is 37.6 Å². The molecule has 0 saturated carbocycles. The van der Waals surface area contributed by atoms with Gasteiger partial charge in [0.1, 0.15) is 11.7 Å². The Morgan fingerprint density at radius 3 is 1.90 bits per heavy atom. The first kappa shape index (κ1) is 44.7. The zero-order valence-corrected chi connectivity index (χ0v) is 31.4. The van der Waals surface area contributed by atoms with Crippen molar-refractivity contribution in [3.63, 3.8) is 0 Å². The number of nitrogens with one attached hydrogen (secondary N) is 3. The predicted octanol–water partition coefficient (Wildman–Crippen LogP) is 5.07. The van der Waals surface area contributed by atoms with Crippen molar-refractivity contribution in [1.82, 2.24) is 16.0 Å². The summed E-state index contributed by atoms with van der Waals surface area (Å²) in [7, 11) is 3.05. The molecule has 0 saturated heterocycles. The zero-order chi connectivity index (χ0) is 38.1. The summed E-state index contributed by atoms with van der Waals surface area (Å²) in [5.41, 5.74) is 9.22. The van der Waals surface area contributed by atoms with Crippen molar-refractivity contribution >= 4 is 17.9 Å². The number of hydrogen-bond acceptors (Lipinski definition) is 8. The highest BCUT2D eigenvalue weighted by Gasteiger charge is 2.22. The second kappa shape index (κ2) is 25.6. The van der Waals surface area contributed by atoms with Crippen molar-refractivity contribution in [2.45, 2.75) is 97.3 Å². The highest BCUT2D eigenvalue weighted by atomic mass is 16.6. The minimum absolute atomic E-state index is 0.0463. The molecule has 0 spiro atoms. The molecule has 0 aromatic heterocycles. The average Bonchev–Trinajstić information content (AvgIpc) is 3.09. The van der Waals surface area contributed by atoms with Crippen LogP contribution in [0.25, 0.3) is 0 Å². The number of aliphatic hydroxyl groups excluding tert-OH is 1. The lowest BCUT2D eigenvalue weighted by Crippen LogP contribution is -2.43. The number of methoxy groups -OCH3 is 2. The Bertz CT molecular complexity index is 1380. The van der Waals surface area contributed by atoms with Crippen molar-refractivity contribution in [3.05, 3.63) is 107 Å². The van der Waals surface area contributed by atoms with Gasteiger partial charge in [-0.25, -0.2) is 4.79 Å². The first-order chi connectivity index (χ1) is 24.3. The monoisotopic (exact) mass is 708 g/mol. The van der Waals surface area contributed by atoms with Crippen LogP contribution in [0.4, 0.5) is 4.79 Å². The van der Waals surface area contributed by atoms with E-state index in [2.05, 4.69) is 54.1 Å². The minimum atomic E-state index is -0.833. The quantitative estimate of drug-likeness (QED) is 0.138. The van der Waals surface area contributed by atoms with Crippen LogP contribution in [-0.4, -0.2) is 74.2 Å². The summed E-state index contributed by atoms with van der Waals surface area (Å²) >= 11 is 0. The number of hydrogen-bond donors (Lipinski definition) is 5. The van der Waals surface area contributed by atoms with Gasteiger partial charge in [-0.05, 0) is 55.9 Å². The third-order valence-electron chi connectivity index (χ3n) is 6.92. The number of amides is 3. The molecule has 0 fully saturated rings. The van der Waals surface area contributed by atoms with Crippen LogP contribution in [0.5, 0.6) is 0 Å². The Morgan fingerprint density at radius 1 is 0.804 bits per heavy atom. The van der Waals surface area contributed by atoms with Crippen LogP contribution in [0, 0.1) is 0 Å². The molecule has 3 amide bonds. The lowest BCUT2D eigenvalue weighted by Gasteiger charge is -2.24. The van der Waals surface area contributed by atoms with Gasteiger partial charge in [0.25, 0.3) is 0 Å². The van der Waals surface area contributed by atoms with Crippen LogP contribution in [0.15, 0.2) is 84.9 Å². The summed E-state index contributed by atoms with van der Waals surface area (Å²) < 4.78 is 15.6. The van der Waals surface area contributed by atoms with E-state index in [4.69, 9.17) is 19.9 Å². The van der Waals surface area contributed by atoms with Crippen LogP contribution in [0.1, 0.15) is 69.7 Å². The van der Waals surface area contributed by atoms with Gasteiger partial charge in [-0.1, -0.05) is 105 Å². The van der Waals surface area contributed by atoms with Crippen molar-refractivity contribution in [2.24, 2.45) is 5.73 Å². The molecule has 3 rings (SSSR count). The standard InChI is InChI=1S/C22H29NO3.C15H23N3O4.C3H8/c1-22(2,3)26-21(24)23-20(14-17-9-6-5-7-10-17)15-18-11-8-12-19(13-18)16-25-4;1-22-13(7-12(19)8-16)15(21)18-10-14(20)17-9-11-5-3-2-4-6-11;1-3-2/h5-13,20H,14-16H2,1-4H3,(H,23,24);2-6,12-13,19H,7-10,16H2,1H3,(H,17,20)(H,18,21);3H2,1-2H3. The molecular weight excluding hydrogens is 648 g/mol. The van der Waals surface area contributed by atoms with Crippen LogP contribution < -0.4 is 21.7 Å². The molecule has 0 radical (unpaired) electrons. The van der Waals surface area contributed by atoms with Crippen molar-refractivity contribution in [3.8, 4) is 0 Å². The van der Waals surface area contributed by atoms with Crippen LogP contribution in [-0.2, 0) is 49.8 Å². The number of alkyl carbamates (subject to hydrolysis) is 1. The molecule has 3 aromatic rings. The molecule has 3 atom stereocenters. The summed E-state index contributed by atoms with van der Waals surface area (Å²) in [6.45, 7) is 10.7. The Hall–Kier alpha value is -4.29. The molecule has 6 N–H and O–H groups in total. The van der Waals surface area contributed by atoms with Gasteiger partial charge in [-0.2, -0.15) is 0 Å². The van der Waals surface area contributed by atoms with Gasteiger partial charge < -0.3 is 41.0 Å². The lowest BCUT2D eigenvalue weighted by molar-refractivity contribution is -0.134. The summed E-state index contributed by atoms with van der Waals surface area (Å²) in [5, 5.41) is 17.6. The van der Waals surface area contributed by atoms with Crippen LogP contribution >= 0.6 is 0 Å². The molecule has 0 heterocycles. The molecular formula is C40H60N4O7. The number of ether oxygens (including phenoxy) is 3. The molecule has 0 aliphatic heterocycles. The number of rotatable bonds is 16. The molecule has 11 heteroatoms. The van der Waals surface area contributed by atoms with Gasteiger partial charge in [0.05, 0.1) is 19.3 Å². The Balaban J connectivity index is 0.000000479. The summed E-state index contributed by atoms with van der Waals surface area (Å²) in [6, 6.07) is 27.8. The van der Waals surface area contributed by atoms with Gasteiger partial charge in [0.15, 0.2) is 0 Å². The third-order valence-corrected chi connectivity index (χ3v) is 6.92. The van der Waals surface area contributed by atoms with Gasteiger partial charge in [-0.15, -0.1) is 0 Å². The first-order valence-corrected chi connectivity index (χ1v) is 17.4. The van der Waals surface area contributed by atoms with Gasteiger partial charge in [0, 0.05) is 39.8 Å². The zero-order valence-electron chi connectivity index (χ0n) is 31.4. The van der Waals surface area contributed by atoms with E-state index in [1.165, 1.54) is 19.1 Å². The molecule has 51 heavy (non-hydrogen) atoms. The van der Waals surface area contributed by atoms with Crippen LogP contribution in [0.3, 0.4) is 0 Å². The summed E-state index contributed by atoms with van der Waals surface area (Å²) in [5.74, 6) is -0.753.